The number of rotatable bonds is 2. The maximum absolute atomic E-state index is 10.8. The quantitative estimate of drug-likeness (QED) is 0.643. The summed E-state index contributed by atoms with van der Waals surface area (Å²) in [5.41, 5.74) is -0.289. The Hall–Kier alpha value is -1.52. The molecule has 0 aliphatic rings. The van der Waals surface area contributed by atoms with Crippen molar-refractivity contribution in [1.29, 1.82) is 0 Å². The molecule has 1 rings (SSSR count). The van der Waals surface area contributed by atoms with E-state index < -0.39 is 11.5 Å². The normalized spacial score (nSPS) is 9.91. The van der Waals surface area contributed by atoms with Gasteiger partial charge in [-0.2, -0.15) is 5.16 Å². The molecule has 0 fully saturated rings. The molecule has 11 heavy (non-hydrogen) atoms. The lowest BCUT2D eigenvalue weighted by Gasteiger charge is -1.86. The molecule has 2 N–H and O–H groups in total. The van der Waals surface area contributed by atoms with Gasteiger partial charge >= 0.3 is 5.97 Å². The summed E-state index contributed by atoms with van der Waals surface area (Å²) in [4.78, 5) is 21.1. The highest BCUT2D eigenvalue weighted by atomic mass is 16.5. The van der Waals surface area contributed by atoms with Gasteiger partial charge in [0.15, 0.2) is 0 Å². The molecular weight excluding hydrogens is 150 g/mol. The third-order valence-electron chi connectivity index (χ3n) is 1.34. The molecule has 0 unspecified atom stereocenters. The molecule has 0 amide bonds. The van der Waals surface area contributed by atoms with Crippen molar-refractivity contribution < 1.29 is 14.4 Å². The minimum absolute atomic E-state index is 0.178. The van der Waals surface area contributed by atoms with Crippen molar-refractivity contribution in [3.63, 3.8) is 0 Å². The molecule has 0 radical (unpaired) electrons. The fourth-order valence-corrected chi connectivity index (χ4v) is 0.818. The van der Waals surface area contributed by atoms with E-state index in [0.717, 1.165) is 0 Å². The molecule has 0 saturated heterocycles. The third kappa shape index (κ3) is 1.17. The van der Waals surface area contributed by atoms with Crippen LogP contribution < -0.4 is 5.56 Å². The van der Waals surface area contributed by atoms with Gasteiger partial charge in [0.05, 0.1) is 5.56 Å². The summed E-state index contributed by atoms with van der Waals surface area (Å²) in [5, 5.41) is 10.4. The van der Waals surface area contributed by atoms with Crippen molar-refractivity contribution >= 4 is 5.97 Å². The summed E-state index contributed by atoms with van der Waals surface area (Å²) < 4.78 is 4.41. The number of hydrogen-bond acceptors (Lipinski definition) is 3. The Morgan fingerprint density at radius 3 is 2.73 bits per heavy atom. The molecule has 1 aromatic rings. The lowest BCUT2D eigenvalue weighted by atomic mass is 10.2. The Kier molecular flexibility index (Phi) is 1.80. The molecule has 0 aromatic carbocycles. The molecule has 60 valence electrons. The van der Waals surface area contributed by atoms with Gasteiger partial charge in [-0.05, 0) is 6.42 Å². The number of carboxylic acids is 1. The van der Waals surface area contributed by atoms with Crippen LogP contribution in [0, 0.1) is 0 Å². The van der Waals surface area contributed by atoms with E-state index in [1.165, 1.54) is 0 Å². The van der Waals surface area contributed by atoms with E-state index in [-0.39, 0.29) is 11.3 Å². The zero-order valence-corrected chi connectivity index (χ0v) is 5.88. The number of aromatic nitrogens is 1. The number of carbonyl (C=O) groups is 1. The minimum atomic E-state index is -1.22. The van der Waals surface area contributed by atoms with Crippen LogP contribution in [0.1, 0.15) is 23.0 Å². The van der Waals surface area contributed by atoms with Crippen LogP contribution in [0.3, 0.4) is 0 Å². The second-order valence-corrected chi connectivity index (χ2v) is 2.00. The SMILES string of the molecule is CCc1c(C(=O)O)o[nH]c1=O. The van der Waals surface area contributed by atoms with Crippen molar-refractivity contribution in [3.8, 4) is 0 Å². The van der Waals surface area contributed by atoms with Gasteiger partial charge in [0.1, 0.15) is 0 Å². The van der Waals surface area contributed by atoms with Crippen LogP contribution in [0.5, 0.6) is 0 Å². The molecule has 0 spiro atoms. The Labute approximate surface area is 61.6 Å². The monoisotopic (exact) mass is 157 g/mol. The first-order valence-electron chi connectivity index (χ1n) is 3.10. The van der Waals surface area contributed by atoms with E-state index in [9.17, 15) is 9.59 Å². The van der Waals surface area contributed by atoms with Gasteiger partial charge in [-0.3, -0.25) is 4.79 Å². The topological polar surface area (TPSA) is 83.3 Å². The molecule has 0 aliphatic heterocycles. The molecule has 0 saturated carbocycles. The highest BCUT2D eigenvalue weighted by Gasteiger charge is 2.16. The van der Waals surface area contributed by atoms with E-state index >= 15 is 0 Å². The van der Waals surface area contributed by atoms with Crippen LogP contribution in [0.2, 0.25) is 0 Å². The molecule has 0 aliphatic carbocycles. The third-order valence-corrected chi connectivity index (χ3v) is 1.34. The largest absolute Gasteiger partial charge is 0.475 e. The minimum Gasteiger partial charge on any atom is -0.475 e. The molecule has 1 aromatic heterocycles. The van der Waals surface area contributed by atoms with Crippen molar-refractivity contribution in [2.75, 3.05) is 0 Å². The van der Waals surface area contributed by atoms with E-state index in [1.807, 2.05) is 5.16 Å². The zero-order chi connectivity index (χ0) is 8.43. The molecule has 5 nitrogen and oxygen atoms in total. The number of aromatic carboxylic acids is 1. The molecule has 0 bridgehead atoms. The van der Waals surface area contributed by atoms with E-state index in [1.54, 1.807) is 6.92 Å². The van der Waals surface area contributed by atoms with Crippen LogP contribution in [-0.2, 0) is 6.42 Å². The lowest BCUT2D eigenvalue weighted by molar-refractivity contribution is 0.0650. The van der Waals surface area contributed by atoms with Gasteiger partial charge in [-0.15, -0.1) is 0 Å². The Bertz CT molecular complexity index is 322. The second-order valence-electron chi connectivity index (χ2n) is 2.00. The van der Waals surface area contributed by atoms with Crippen LogP contribution in [-0.4, -0.2) is 16.2 Å². The average molecular weight is 157 g/mol. The smallest absolute Gasteiger partial charge is 0.375 e. The summed E-state index contributed by atoms with van der Waals surface area (Å²) in [7, 11) is 0. The van der Waals surface area contributed by atoms with E-state index in [4.69, 9.17) is 5.11 Å². The molecule has 5 heteroatoms. The lowest BCUT2D eigenvalue weighted by Crippen LogP contribution is -2.07. The first-order valence-corrected chi connectivity index (χ1v) is 3.10. The van der Waals surface area contributed by atoms with Crippen LogP contribution in [0.4, 0.5) is 0 Å². The first kappa shape index (κ1) is 7.59. The van der Waals surface area contributed by atoms with Gasteiger partial charge in [-0.25, -0.2) is 4.79 Å². The van der Waals surface area contributed by atoms with Crippen LogP contribution in [0.15, 0.2) is 9.32 Å². The highest BCUT2D eigenvalue weighted by molar-refractivity contribution is 5.85. The van der Waals surface area contributed by atoms with Gasteiger partial charge < -0.3 is 9.63 Å². The van der Waals surface area contributed by atoms with E-state index in [2.05, 4.69) is 4.52 Å². The summed E-state index contributed by atoms with van der Waals surface area (Å²) in [5.74, 6) is -1.52. The van der Waals surface area contributed by atoms with Gasteiger partial charge in [0.2, 0.25) is 5.76 Å². The summed E-state index contributed by atoms with van der Waals surface area (Å²) in [6.07, 6.45) is 0.355. The first-order chi connectivity index (χ1) is 5.16. The Morgan fingerprint density at radius 1 is 1.73 bits per heavy atom. The average Bonchev–Trinajstić information content (AvgIpc) is 2.30. The molecule has 1 heterocycles. The zero-order valence-electron chi connectivity index (χ0n) is 5.88. The maximum Gasteiger partial charge on any atom is 0.375 e. The summed E-state index contributed by atoms with van der Waals surface area (Å²) >= 11 is 0. The van der Waals surface area contributed by atoms with Crippen molar-refractivity contribution in [2.24, 2.45) is 0 Å². The fourth-order valence-electron chi connectivity index (χ4n) is 0.818. The fraction of sp³-hybridized carbons (Fsp3) is 0.333. The Balaban J connectivity index is 3.27. The van der Waals surface area contributed by atoms with Crippen molar-refractivity contribution in [3.05, 3.63) is 21.7 Å². The van der Waals surface area contributed by atoms with Crippen LogP contribution in [0.25, 0.3) is 0 Å². The number of carboxylic acid groups (broad SMARTS) is 1. The van der Waals surface area contributed by atoms with Crippen molar-refractivity contribution in [1.82, 2.24) is 5.16 Å². The number of H-pyrrole nitrogens is 1. The number of hydrogen-bond donors (Lipinski definition) is 2. The second kappa shape index (κ2) is 2.61. The predicted molar refractivity (Wildman–Crippen MR) is 35.7 cm³/mol. The van der Waals surface area contributed by atoms with Gasteiger partial charge in [-0.1, -0.05) is 6.92 Å². The van der Waals surface area contributed by atoms with Crippen molar-refractivity contribution in [2.45, 2.75) is 13.3 Å². The van der Waals surface area contributed by atoms with Gasteiger partial charge in [0.25, 0.3) is 5.56 Å². The molecule has 0 atom stereocenters. The summed E-state index contributed by atoms with van der Waals surface area (Å²) in [6, 6.07) is 0. The molecular formula is C6H7NO4. The summed E-state index contributed by atoms with van der Waals surface area (Å²) in [6.45, 7) is 1.69. The number of aromatic amines is 1. The van der Waals surface area contributed by atoms with Gasteiger partial charge in [0, 0.05) is 0 Å². The highest BCUT2D eigenvalue weighted by Crippen LogP contribution is 2.02. The maximum atomic E-state index is 10.8. The number of nitrogens with one attached hydrogen (secondary N) is 1. The van der Waals surface area contributed by atoms with E-state index in [0.29, 0.717) is 6.42 Å². The Morgan fingerprint density at radius 2 is 2.36 bits per heavy atom. The standard InChI is InChI=1S/C6H7NO4/c1-2-3-4(6(9)10)11-7-5(3)8/h2H2,1H3,(H,7,8)(H,9,10). The van der Waals surface area contributed by atoms with Crippen LogP contribution >= 0.6 is 0 Å². The predicted octanol–water partition coefficient (Wildman–Crippen LogP) is 0.229.